The molecule has 15 atom stereocenters. The van der Waals surface area contributed by atoms with Gasteiger partial charge in [0.05, 0.1) is 19.8 Å². The second kappa shape index (κ2) is 12.8. The molecular formula is C18H32O19S. The van der Waals surface area contributed by atoms with Crippen molar-refractivity contribution >= 4 is 10.4 Å². The molecular weight excluding hydrogens is 552 g/mol. The molecule has 0 amide bonds. The summed E-state index contributed by atoms with van der Waals surface area (Å²) in [4.78, 5) is 0. The van der Waals surface area contributed by atoms with Gasteiger partial charge >= 0.3 is 10.4 Å². The van der Waals surface area contributed by atoms with Crippen LogP contribution in [-0.2, 0) is 38.3 Å². The lowest BCUT2D eigenvalue weighted by atomic mass is 9.96. The van der Waals surface area contributed by atoms with Crippen LogP contribution >= 0.6 is 0 Å². The van der Waals surface area contributed by atoms with Crippen LogP contribution in [0.5, 0.6) is 0 Å². The largest absolute Gasteiger partial charge is 0.397 e. The summed E-state index contributed by atoms with van der Waals surface area (Å²) in [5, 5.41) is 100. The van der Waals surface area contributed by atoms with Crippen LogP contribution in [0, 0.1) is 0 Å². The Morgan fingerprint density at radius 2 is 1.00 bits per heavy atom. The van der Waals surface area contributed by atoms with Gasteiger partial charge in [-0.15, -0.1) is 0 Å². The first-order chi connectivity index (χ1) is 17.7. The van der Waals surface area contributed by atoms with Crippen molar-refractivity contribution in [1.82, 2.24) is 0 Å². The zero-order chi connectivity index (χ0) is 28.5. The molecule has 0 aliphatic carbocycles. The zero-order valence-corrected chi connectivity index (χ0v) is 20.2. The molecule has 0 bridgehead atoms. The summed E-state index contributed by atoms with van der Waals surface area (Å²) >= 11 is 0. The summed E-state index contributed by atoms with van der Waals surface area (Å²) in [7, 11) is -5.22. The van der Waals surface area contributed by atoms with Crippen LogP contribution < -0.4 is 0 Å². The second-order valence-corrected chi connectivity index (χ2v) is 9.88. The van der Waals surface area contributed by atoms with Crippen molar-refractivity contribution in [3.8, 4) is 0 Å². The summed E-state index contributed by atoms with van der Waals surface area (Å²) in [6.45, 7) is -2.68. The maximum absolute atomic E-state index is 11.1. The van der Waals surface area contributed by atoms with Gasteiger partial charge in [0.1, 0.15) is 73.2 Å². The quantitative estimate of drug-likeness (QED) is 0.112. The van der Waals surface area contributed by atoms with Crippen molar-refractivity contribution in [3.05, 3.63) is 0 Å². The third kappa shape index (κ3) is 6.76. The average Bonchev–Trinajstić information content (AvgIpc) is 2.86. The van der Waals surface area contributed by atoms with E-state index in [0.717, 1.165) is 0 Å². The van der Waals surface area contributed by atoms with Gasteiger partial charge < -0.3 is 74.7 Å². The van der Waals surface area contributed by atoms with E-state index in [1.807, 2.05) is 0 Å². The zero-order valence-electron chi connectivity index (χ0n) is 19.4. The van der Waals surface area contributed by atoms with E-state index in [-0.39, 0.29) is 0 Å². The summed E-state index contributed by atoms with van der Waals surface area (Å²) in [6, 6.07) is 0. The molecule has 19 nitrogen and oxygen atoms in total. The van der Waals surface area contributed by atoms with E-state index in [2.05, 4.69) is 4.18 Å². The first kappa shape index (κ1) is 31.8. The Bertz CT molecular complexity index is 857. The summed E-state index contributed by atoms with van der Waals surface area (Å²) in [5.74, 6) is 0. The molecule has 3 saturated heterocycles. The van der Waals surface area contributed by atoms with Crippen molar-refractivity contribution in [1.29, 1.82) is 0 Å². The lowest BCUT2D eigenvalue weighted by Gasteiger charge is -2.48. The van der Waals surface area contributed by atoms with E-state index in [1.54, 1.807) is 0 Å². The molecule has 0 aromatic rings. The van der Waals surface area contributed by atoms with Gasteiger partial charge in [0.2, 0.25) is 0 Å². The molecule has 3 rings (SSSR count). The van der Waals surface area contributed by atoms with Crippen LogP contribution in [-0.4, -0.2) is 176 Å². The maximum atomic E-state index is 11.1. The Morgan fingerprint density at radius 1 is 0.553 bits per heavy atom. The fourth-order valence-electron chi connectivity index (χ4n) is 4.30. The lowest BCUT2D eigenvalue weighted by Crippen LogP contribution is -2.66. The highest BCUT2D eigenvalue weighted by molar-refractivity contribution is 7.80. The predicted molar refractivity (Wildman–Crippen MR) is 112 cm³/mol. The molecule has 0 aromatic heterocycles. The van der Waals surface area contributed by atoms with Crippen molar-refractivity contribution in [2.45, 2.75) is 92.1 Å². The molecule has 224 valence electrons. The van der Waals surface area contributed by atoms with Gasteiger partial charge in [0.15, 0.2) is 18.9 Å². The Morgan fingerprint density at radius 3 is 1.50 bits per heavy atom. The maximum Gasteiger partial charge on any atom is 0.397 e. The van der Waals surface area contributed by atoms with Crippen LogP contribution in [0.2, 0.25) is 0 Å². The summed E-state index contributed by atoms with van der Waals surface area (Å²) in [5.41, 5.74) is 0. The van der Waals surface area contributed by atoms with Gasteiger partial charge in [-0.25, -0.2) is 4.18 Å². The highest BCUT2D eigenvalue weighted by atomic mass is 32.3. The lowest BCUT2D eigenvalue weighted by molar-refractivity contribution is -0.377. The Kier molecular flexibility index (Phi) is 10.7. The van der Waals surface area contributed by atoms with E-state index in [1.165, 1.54) is 0 Å². The van der Waals surface area contributed by atoms with Crippen molar-refractivity contribution in [2.75, 3.05) is 19.8 Å². The Labute approximate surface area is 214 Å². The number of aliphatic hydroxyl groups excluding tert-OH is 10. The van der Waals surface area contributed by atoms with Gasteiger partial charge in [0.25, 0.3) is 0 Å². The van der Waals surface area contributed by atoms with Crippen molar-refractivity contribution in [2.24, 2.45) is 0 Å². The molecule has 11 N–H and O–H groups in total. The predicted octanol–water partition coefficient (Wildman–Crippen LogP) is -7.75. The van der Waals surface area contributed by atoms with Crippen molar-refractivity contribution in [3.63, 3.8) is 0 Å². The average molecular weight is 585 g/mol. The smallest absolute Gasteiger partial charge is 0.394 e. The highest BCUT2D eigenvalue weighted by Crippen LogP contribution is 2.32. The topological polar surface area (TPSA) is 312 Å². The minimum atomic E-state index is -5.22. The van der Waals surface area contributed by atoms with E-state index >= 15 is 0 Å². The Hall–Kier alpha value is -0.730. The highest BCUT2D eigenvalue weighted by Gasteiger charge is 2.54. The molecule has 38 heavy (non-hydrogen) atoms. The number of ether oxygens (including phenoxy) is 5. The molecule has 0 radical (unpaired) electrons. The molecule has 3 aliphatic rings. The molecule has 0 saturated carbocycles. The number of hydrogen-bond donors (Lipinski definition) is 11. The summed E-state index contributed by atoms with van der Waals surface area (Å²) < 4.78 is 61.8. The first-order valence-corrected chi connectivity index (χ1v) is 12.6. The monoisotopic (exact) mass is 584 g/mol. The molecule has 20 heteroatoms. The van der Waals surface area contributed by atoms with Crippen LogP contribution in [0.3, 0.4) is 0 Å². The van der Waals surface area contributed by atoms with Crippen LogP contribution in [0.15, 0.2) is 0 Å². The van der Waals surface area contributed by atoms with Gasteiger partial charge in [-0.05, 0) is 0 Å². The van der Waals surface area contributed by atoms with Crippen LogP contribution in [0.25, 0.3) is 0 Å². The molecule has 3 aliphatic heterocycles. The molecule has 3 heterocycles. The van der Waals surface area contributed by atoms with Crippen LogP contribution in [0.1, 0.15) is 0 Å². The number of hydrogen-bond acceptors (Lipinski definition) is 18. The van der Waals surface area contributed by atoms with E-state index < -0.39 is 122 Å². The second-order valence-electron chi connectivity index (χ2n) is 8.83. The van der Waals surface area contributed by atoms with Gasteiger partial charge in [-0.1, -0.05) is 0 Å². The Balaban J connectivity index is 1.76. The molecule has 0 unspecified atom stereocenters. The third-order valence-corrected chi connectivity index (χ3v) is 6.76. The van der Waals surface area contributed by atoms with Crippen molar-refractivity contribution < 1.29 is 91.9 Å². The molecule has 3 fully saturated rings. The molecule has 0 aromatic carbocycles. The number of aliphatic hydroxyl groups is 10. The fraction of sp³-hybridized carbons (Fsp3) is 1.00. The minimum absolute atomic E-state index is 0.812. The SMILES string of the molecule is O=S(=O)(O)O[C@H]1[C@@H](O)[C@@H](CO)O[C@@H](O[C@@H]2[C@H](O)[C@@H](O)[C@H](O[C@H]3[C@H](O)[C@@H](O)[C@H](O)O[C@@H]3CO)O[C@@H]2CO)[C@@H]1O. The van der Waals surface area contributed by atoms with Gasteiger partial charge in [-0.2, -0.15) is 8.42 Å². The first-order valence-electron chi connectivity index (χ1n) is 11.3. The third-order valence-electron chi connectivity index (χ3n) is 6.30. The van der Waals surface area contributed by atoms with E-state index in [4.69, 9.17) is 28.2 Å². The van der Waals surface area contributed by atoms with Crippen LogP contribution in [0.4, 0.5) is 0 Å². The van der Waals surface area contributed by atoms with E-state index in [0.29, 0.717) is 0 Å². The van der Waals surface area contributed by atoms with E-state index in [9.17, 15) is 59.5 Å². The van der Waals surface area contributed by atoms with Gasteiger partial charge in [-0.3, -0.25) is 4.55 Å². The minimum Gasteiger partial charge on any atom is -0.394 e. The summed E-state index contributed by atoms with van der Waals surface area (Å²) in [6.07, 6.45) is -27.7. The normalized spacial score (nSPS) is 48.7. The molecule has 0 spiro atoms. The standard InChI is InChI=1S/C18H32O19S/c19-1-4-7(22)15(37-38(29,30)31)12(27)18(33-4)36-14-6(3-21)34-17(11(26)9(14)24)35-13-5(2-20)32-16(28)10(25)8(13)23/h4-28H,1-3H2,(H,29,30,31)/t4-,5-,6-,7+,8-,9-,10-,11-,12-,13-,14+,15+,16-,17+,18+/m1/s1. The fourth-order valence-corrected chi connectivity index (χ4v) is 4.81. The number of rotatable bonds is 9. The van der Waals surface area contributed by atoms with Gasteiger partial charge in [0, 0.05) is 0 Å².